The molecule has 5 rings (SSSR count). The standard InChI is InChI=1S/C21H29N5O/c1-2-16-9-20(23-13-22-16)25-7-3-4-17(10-25)24-21(27)26-11-18-14-5-6-15(8-14)19(18)12-26/h5-6,9,13-15,17-19H,2-4,7-8,10-12H2,1H3,(H,24,27)/t14?,15?,17?,18-,19+. The van der Waals surface area contributed by atoms with Crippen molar-refractivity contribution in [3.63, 3.8) is 0 Å². The third kappa shape index (κ3) is 3.09. The number of urea groups is 1. The number of likely N-dealkylation sites (tertiary alicyclic amines) is 1. The number of aryl methyl sites for hydroxylation is 1. The Hall–Kier alpha value is -2.11. The largest absolute Gasteiger partial charge is 0.354 e. The maximum absolute atomic E-state index is 12.9. The Morgan fingerprint density at radius 2 is 1.96 bits per heavy atom. The Labute approximate surface area is 161 Å². The summed E-state index contributed by atoms with van der Waals surface area (Å²) in [6.07, 6.45) is 10.8. The molecule has 0 spiro atoms. The quantitative estimate of drug-likeness (QED) is 0.834. The summed E-state index contributed by atoms with van der Waals surface area (Å²) >= 11 is 0. The second-order valence-electron chi connectivity index (χ2n) is 8.64. The Morgan fingerprint density at radius 3 is 2.70 bits per heavy atom. The Bertz CT molecular complexity index is 730. The number of allylic oxidation sites excluding steroid dienone is 2. The number of hydrogen-bond donors (Lipinski definition) is 1. The number of fused-ring (bicyclic) bond motifs is 5. The number of carbonyl (C=O) groups is 1. The Morgan fingerprint density at radius 1 is 1.19 bits per heavy atom. The molecule has 2 saturated heterocycles. The molecule has 2 aliphatic carbocycles. The topological polar surface area (TPSA) is 61.4 Å². The van der Waals surface area contributed by atoms with Gasteiger partial charge in [-0.25, -0.2) is 14.8 Å². The first-order valence-corrected chi connectivity index (χ1v) is 10.5. The molecule has 2 aliphatic heterocycles. The van der Waals surface area contributed by atoms with Crippen molar-refractivity contribution < 1.29 is 4.79 Å². The molecule has 27 heavy (non-hydrogen) atoms. The van der Waals surface area contributed by atoms with Gasteiger partial charge in [0.15, 0.2) is 0 Å². The van der Waals surface area contributed by atoms with Gasteiger partial charge in [-0.15, -0.1) is 0 Å². The first-order chi connectivity index (χ1) is 13.2. The van der Waals surface area contributed by atoms with E-state index in [0.717, 1.165) is 57.0 Å². The van der Waals surface area contributed by atoms with Crippen molar-refractivity contribution in [2.45, 2.75) is 38.6 Å². The average molecular weight is 367 g/mol. The van der Waals surface area contributed by atoms with Crippen LogP contribution in [0.25, 0.3) is 0 Å². The lowest BCUT2D eigenvalue weighted by Gasteiger charge is -2.35. The van der Waals surface area contributed by atoms with Crippen molar-refractivity contribution in [1.29, 1.82) is 0 Å². The van der Waals surface area contributed by atoms with Crippen LogP contribution in [0, 0.1) is 23.7 Å². The minimum absolute atomic E-state index is 0.132. The van der Waals surface area contributed by atoms with Gasteiger partial charge in [-0.2, -0.15) is 0 Å². The van der Waals surface area contributed by atoms with Gasteiger partial charge >= 0.3 is 6.03 Å². The molecular formula is C21H29N5O. The van der Waals surface area contributed by atoms with Crippen LogP contribution >= 0.6 is 0 Å². The molecule has 3 unspecified atom stereocenters. The molecule has 5 atom stereocenters. The maximum Gasteiger partial charge on any atom is 0.317 e. The van der Waals surface area contributed by atoms with Gasteiger partial charge in [0.2, 0.25) is 0 Å². The number of aromatic nitrogens is 2. The lowest BCUT2D eigenvalue weighted by Crippen LogP contribution is -2.51. The van der Waals surface area contributed by atoms with Crippen LogP contribution in [0.2, 0.25) is 0 Å². The van der Waals surface area contributed by atoms with Crippen LogP contribution in [0.3, 0.4) is 0 Å². The van der Waals surface area contributed by atoms with E-state index in [2.05, 4.69) is 50.2 Å². The fourth-order valence-electron chi connectivity index (χ4n) is 5.64. The molecule has 6 heteroatoms. The number of nitrogens with one attached hydrogen (secondary N) is 1. The number of carbonyl (C=O) groups excluding carboxylic acids is 1. The third-order valence-electron chi connectivity index (χ3n) is 7.09. The van der Waals surface area contributed by atoms with Gasteiger partial charge in [-0.05, 0) is 49.4 Å². The molecule has 2 amide bonds. The summed E-state index contributed by atoms with van der Waals surface area (Å²) in [5.74, 6) is 3.81. The molecule has 1 saturated carbocycles. The second kappa shape index (κ2) is 6.80. The fraction of sp³-hybridized carbons (Fsp3) is 0.667. The van der Waals surface area contributed by atoms with Crippen molar-refractivity contribution in [2.24, 2.45) is 23.7 Å². The molecule has 144 valence electrons. The zero-order valence-corrected chi connectivity index (χ0v) is 16.1. The lowest BCUT2D eigenvalue weighted by molar-refractivity contribution is 0.197. The molecular weight excluding hydrogens is 338 g/mol. The SMILES string of the molecule is CCc1cc(N2CCCC(NC(=O)N3C[C@@H]4C5C=CC(C5)[C@@H]4C3)C2)ncn1. The molecule has 1 aromatic rings. The fourth-order valence-corrected chi connectivity index (χ4v) is 5.64. The maximum atomic E-state index is 12.9. The molecule has 2 bridgehead atoms. The molecule has 1 aromatic heterocycles. The molecule has 3 heterocycles. The third-order valence-corrected chi connectivity index (χ3v) is 7.09. The van der Waals surface area contributed by atoms with E-state index in [0.29, 0.717) is 23.7 Å². The van der Waals surface area contributed by atoms with Crippen LogP contribution in [-0.4, -0.2) is 53.1 Å². The van der Waals surface area contributed by atoms with Gasteiger partial charge in [0, 0.05) is 44.0 Å². The van der Waals surface area contributed by atoms with Crippen LogP contribution < -0.4 is 10.2 Å². The number of amides is 2. The van der Waals surface area contributed by atoms with Gasteiger partial charge in [-0.3, -0.25) is 0 Å². The number of hydrogen-bond acceptors (Lipinski definition) is 4. The summed E-state index contributed by atoms with van der Waals surface area (Å²) in [5, 5.41) is 3.31. The Balaban J connectivity index is 1.19. The predicted molar refractivity (Wildman–Crippen MR) is 104 cm³/mol. The van der Waals surface area contributed by atoms with E-state index in [1.807, 2.05) is 0 Å². The van der Waals surface area contributed by atoms with E-state index in [1.54, 1.807) is 6.33 Å². The smallest absolute Gasteiger partial charge is 0.317 e. The highest BCUT2D eigenvalue weighted by molar-refractivity contribution is 5.75. The minimum Gasteiger partial charge on any atom is -0.354 e. The summed E-state index contributed by atoms with van der Waals surface area (Å²) in [4.78, 5) is 26.0. The van der Waals surface area contributed by atoms with Crippen LogP contribution in [0.4, 0.5) is 10.6 Å². The summed E-state index contributed by atoms with van der Waals surface area (Å²) in [6.45, 7) is 5.81. The monoisotopic (exact) mass is 367 g/mol. The van der Waals surface area contributed by atoms with Gasteiger partial charge in [0.25, 0.3) is 0 Å². The van der Waals surface area contributed by atoms with E-state index in [9.17, 15) is 4.79 Å². The van der Waals surface area contributed by atoms with E-state index < -0.39 is 0 Å². The van der Waals surface area contributed by atoms with E-state index in [-0.39, 0.29) is 12.1 Å². The molecule has 0 radical (unpaired) electrons. The number of piperidine rings is 1. The van der Waals surface area contributed by atoms with Gasteiger partial charge in [-0.1, -0.05) is 19.1 Å². The Kier molecular flexibility index (Phi) is 4.29. The summed E-state index contributed by atoms with van der Waals surface area (Å²) in [7, 11) is 0. The first kappa shape index (κ1) is 17.0. The van der Waals surface area contributed by atoms with Crippen LogP contribution in [0.5, 0.6) is 0 Å². The minimum atomic E-state index is 0.132. The summed E-state index contributed by atoms with van der Waals surface area (Å²) in [6, 6.07) is 2.41. The van der Waals surface area contributed by atoms with Crippen molar-refractivity contribution in [1.82, 2.24) is 20.2 Å². The zero-order valence-electron chi connectivity index (χ0n) is 16.1. The van der Waals surface area contributed by atoms with E-state index in [1.165, 1.54) is 6.42 Å². The molecule has 6 nitrogen and oxygen atoms in total. The van der Waals surface area contributed by atoms with Gasteiger partial charge in [0.05, 0.1) is 0 Å². The molecule has 3 fully saturated rings. The zero-order chi connectivity index (χ0) is 18.4. The highest BCUT2D eigenvalue weighted by Crippen LogP contribution is 2.51. The summed E-state index contributed by atoms with van der Waals surface area (Å²) < 4.78 is 0. The first-order valence-electron chi connectivity index (χ1n) is 10.5. The average Bonchev–Trinajstić information content (AvgIpc) is 3.41. The second-order valence-corrected chi connectivity index (χ2v) is 8.64. The van der Waals surface area contributed by atoms with Gasteiger partial charge in [0.1, 0.15) is 12.1 Å². The van der Waals surface area contributed by atoms with Crippen LogP contribution in [0.1, 0.15) is 31.9 Å². The van der Waals surface area contributed by atoms with E-state index in [4.69, 9.17) is 0 Å². The molecule has 0 aromatic carbocycles. The van der Waals surface area contributed by atoms with Crippen molar-refractivity contribution in [3.05, 3.63) is 30.2 Å². The normalized spacial score (nSPS) is 34.2. The molecule has 1 N–H and O–H groups in total. The van der Waals surface area contributed by atoms with Crippen molar-refractivity contribution in [3.8, 4) is 0 Å². The number of rotatable bonds is 3. The lowest BCUT2D eigenvalue weighted by atomic mass is 9.86. The predicted octanol–water partition coefficient (Wildman–Crippen LogP) is 2.47. The van der Waals surface area contributed by atoms with Crippen molar-refractivity contribution >= 4 is 11.8 Å². The van der Waals surface area contributed by atoms with Gasteiger partial charge < -0.3 is 15.1 Å². The van der Waals surface area contributed by atoms with Crippen LogP contribution in [-0.2, 0) is 6.42 Å². The highest BCUT2D eigenvalue weighted by Gasteiger charge is 2.50. The van der Waals surface area contributed by atoms with Crippen molar-refractivity contribution in [2.75, 3.05) is 31.1 Å². The summed E-state index contributed by atoms with van der Waals surface area (Å²) in [5.41, 5.74) is 1.07. The van der Waals surface area contributed by atoms with Crippen LogP contribution in [0.15, 0.2) is 24.5 Å². The number of anilines is 1. The highest BCUT2D eigenvalue weighted by atomic mass is 16.2. The van der Waals surface area contributed by atoms with E-state index >= 15 is 0 Å². The number of nitrogens with zero attached hydrogens (tertiary/aromatic N) is 4. The molecule has 4 aliphatic rings.